The molecule has 0 aromatic heterocycles. The van der Waals surface area contributed by atoms with Crippen molar-refractivity contribution in [1.29, 1.82) is 0 Å². The molecule has 9 rings (SSSR count). The van der Waals surface area contributed by atoms with Gasteiger partial charge in [0.05, 0.1) is 26.3 Å². The van der Waals surface area contributed by atoms with Gasteiger partial charge >= 0.3 is 12.1 Å². The van der Waals surface area contributed by atoms with E-state index in [9.17, 15) is 9.59 Å². The first-order valence-electron chi connectivity index (χ1n) is 16.6. The summed E-state index contributed by atoms with van der Waals surface area (Å²) in [5, 5.41) is 5.66. The normalized spacial score (nSPS) is 18.3. The number of rotatable bonds is 2. The van der Waals surface area contributed by atoms with Crippen molar-refractivity contribution in [3.63, 3.8) is 0 Å². The molecule has 0 spiro atoms. The standard InChI is InChI=1S/C38H38N4O7/c1-39-37(43)41-13-11-23-18-31-32-20-26(23)27(41)16-22-7-10-29(45-3)30(17-22)47-25-8-5-21(6-9-25)15-28-34-24(12-14-42(28)38(44)40-2)19-33(46-4)35(48-31)36(34)49-32/h5-10,17-20,27-28H,11-16H2,1-4H3,(H,39,43)(H,40,44)/t27-,28-/m0/s1. The van der Waals surface area contributed by atoms with Gasteiger partial charge in [0.25, 0.3) is 0 Å². The summed E-state index contributed by atoms with van der Waals surface area (Å²) in [4.78, 5) is 30.4. The number of carbonyl (C=O) groups is 2. The van der Waals surface area contributed by atoms with Gasteiger partial charge in [0.2, 0.25) is 5.75 Å². The largest absolute Gasteiger partial charge is 0.493 e. The maximum Gasteiger partial charge on any atom is 0.317 e. The minimum absolute atomic E-state index is 0.154. The highest BCUT2D eigenvalue weighted by atomic mass is 16.6. The Morgan fingerprint density at radius 3 is 2.02 bits per heavy atom. The van der Waals surface area contributed by atoms with Crippen LogP contribution in [0.4, 0.5) is 9.59 Å². The lowest BCUT2D eigenvalue weighted by Gasteiger charge is -2.40. The van der Waals surface area contributed by atoms with Gasteiger partial charge < -0.3 is 44.1 Å². The third-order valence-corrected chi connectivity index (χ3v) is 10.1. The monoisotopic (exact) mass is 662 g/mol. The second-order valence-electron chi connectivity index (χ2n) is 12.7. The highest BCUT2D eigenvalue weighted by Gasteiger charge is 2.40. The van der Waals surface area contributed by atoms with Crippen LogP contribution in [0.15, 0.2) is 60.7 Å². The molecule has 252 valence electrons. The van der Waals surface area contributed by atoms with E-state index >= 15 is 0 Å². The topological polar surface area (TPSA) is 111 Å². The molecule has 2 atom stereocenters. The van der Waals surface area contributed by atoms with Crippen LogP contribution in [0.2, 0.25) is 0 Å². The van der Waals surface area contributed by atoms with E-state index in [1.165, 1.54) is 0 Å². The summed E-state index contributed by atoms with van der Waals surface area (Å²) in [6.07, 6.45) is 2.34. The van der Waals surface area contributed by atoms with Crippen LogP contribution in [0.5, 0.6) is 46.0 Å². The average molecular weight is 663 g/mol. The number of hydrogen-bond acceptors (Lipinski definition) is 7. The molecule has 4 aromatic carbocycles. The second-order valence-corrected chi connectivity index (χ2v) is 12.7. The van der Waals surface area contributed by atoms with Crippen molar-refractivity contribution in [2.75, 3.05) is 41.4 Å². The van der Waals surface area contributed by atoms with Crippen LogP contribution < -0.4 is 34.3 Å². The molecule has 0 fully saturated rings. The molecule has 0 saturated heterocycles. The van der Waals surface area contributed by atoms with Crippen LogP contribution in [0.3, 0.4) is 0 Å². The van der Waals surface area contributed by atoms with Gasteiger partial charge in [-0.05, 0) is 96.0 Å². The summed E-state index contributed by atoms with van der Waals surface area (Å²) >= 11 is 0. The van der Waals surface area contributed by atoms with Crippen LogP contribution >= 0.6 is 0 Å². The predicted octanol–water partition coefficient (Wildman–Crippen LogP) is 6.67. The van der Waals surface area contributed by atoms with E-state index < -0.39 is 0 Å². The van der Waals surface area contributed by atoms with E-state index in [1.807, 2.05) is 70.5 Å². The van der Waals surface area contributed by atoms with E-state index in [1.54, 1.807) is 28.3 Å². The first kappa shape index (κ1) is 30.7. The van der Waals surface area contributed by atoms with E-state index in [-0.39, 0.29) is 24.1 Å². The SMILES string of the molecule is CNC(=O)N1CCc2cc3c4cc2[C@@H]1Cc1ccc(OC)c(c1)Oc1ccc(cc1)C[C@H]1c2c(cc(OC)c(c2O4)O3)CCN1C(=O)NC. The number of carbonyl (C=O) groups excluding carboxylic acids is 2. The van der Waals surface area contributed by atoms with Gasteiger partial charge in [0.1, 0.15) is 5.75 Å². The van der Waals surface area contributed by atoms with Crippen LogP contribution in [-0.4, -0.2) is 63.3 Å². The Bertz CT molecular complexity index is 1980. The number of ether oxygens (including phenoxy) is 5. The van der Waals surface area contributed by atoms with Crippen molar-refractivity contribution >= 4 is 12.1 Å². The number of nitrogens with zero attached hydrogens (tertiary/aromatic N) is 2. The fourth-order valence-electron chi connectivity index (χ4n) is 7.65. The van der Waals surface area contributed by atoms with Gasteiger partial charge in [-0.1, -0.05) is 18.2 Å². The fraction of sp³-hybridized carbons (Fsp3) is 0.316. The molecule has 0 saturated carbocycles. The van der Waals surface area contributed by atoms with Crippen molar-refractivity contribution in [2.24, 2.45) is 0 Å². The molecule has 4 aromatic rings. The highest BCUT2D eigenvalue weighted by Crippen LogP contribution is 2.57. The molecule has 7 bridgehead atoms. The molecule has 0 unspecified atom stereocenters. The van der Waals surface area contributed by atoms with E-state index in [0.29, 0.717) is 84.8 Å². The van der Waals surface area contributed by atoms with Crippen molar-refractivity contribution in [3.05, 3.63) is 94.0 Å². The van der Waals surface area contributed by atoms with Gasteiger partial charge in [-0.25, -0.2) is 9.59 Å². The maximum absolute atomic E-state index is 13.3. The summed E-state index contributed by atoms with van der Waals surface area (Å²) < 4.78 is 31.5. The lowest BCUT2D eigenvalue weighted by molar-refractivity contribution is 0.167. The van der Waals surface area contributed by atoms with Crippen LogP contribution in [0.1, 0.15) is 45.5 Å². The second kappa shape index (κ2) is 12.1. The van der Waals surface area contributed by atoms with Gasteiger partial charge in [0.15, 0.2) is 34.5 Å². The fourth-order valence-corrected chi connectivity index (χ4v) is 7.65. The molecule has 0 radical (unpaired) electrons. The first-order chi connectivity index (χ1) is 23.9. The number of urea groups is 2. The number of methoxy groups -OCH3 is 2. The van der Waals surface area contributed by atoms with Crippen molar-refractivity contribution in [1.82, 2.24) is 20.4 Å². The summed E-state index contributed by atoms with van der Waals surface area (Å²) in [5.41, 5.74) is 5.99. The molecule has 5 aliphatic heterocycles. The number of nitrogens with one attached hydrogen (secondary N) is 2. The number of benzene rings is 4. The zero-order chi connectivity index (χ0) is 33.8. The van der Waals surface area contributed by atoms with Gasteiger partial charge in [0, 0.05) is 32.7 Å². The van der Waals surface area contributed by atoms with E-state index in [0.717, 1.165) is 33.4 Å². The Labute approximate surface area is 284 Å². The zero-order valence-corrected chi connectivity index (χ0v) is 27.9. The van der Waals surface area contributed by atoms with Gasteiger partial charge in [-0.3, -0.25) is 0 Å². The van der Waals surface area contributed by atoms with E-state index in [4.69, 9.17) is 23.7 Å². The summed E-state index contributed by atoms with van der Waals surface area (Å²) in [7, 11) is 6.55. The summed E-state index contributed by atoms with van der Waals surface area (Å²) in [5.74, 6) is 4.57. The molecule has 4 amide bonds. The zero-order valence-electron chi connectivity index (χ0n) is 27.9. The Balaban J connectivity index is 1.35. The lowest BCUT2D eigenvalue weighted by atomic mass is 9.86. The van der Waals surface area contributed by atoms with Crippen LogP contribution in [0, 0.1) is 0 Å². The van der Waals surface area contributed by atoms with Crippen molar-refractivity contribution < 1.29 is 33.3 Å². The van der Waals surface area contributed by atoms with Gasteiger partial charge in [-0.15, -0.1) is 0 Å². The molecule has 2 N–H and O–H groups in total. The quantitative estimate of drug-likeness (QED) is 0.217. The van der Waals surface area contributed by atoms with Crippen LogP contribution in [0.25, 0.3) is 0 Å². The lowest BCUT2D eigenvalue weighted by Crippen LogP contribution is -2.45. The Morgan fingerprint density at radius 2 is 1.31 bits per heavy atom. The third-order valence-electron chi connectivity index (χ3n) is 10.1. The van der Waals surface area contributed by atoms with Crippen molar-refractivity contribution in [2.45, 2.75) is 37.8 Å². The molecule has 11 nitrogen and oxygen atoms in total. The smallest absolute Gasteiger partial charge is 0.317 e. The summed E-state index contributed by atoms with van der Waals surface area (Å²) in [6.45, 7) is 1.06. The summed E-state index contributed by atoms with van der Waals surface area (Å²) in [6, 6.07) is 18.8. The van der Waals surface area contributed by atoms with E-state index in [2.05, 4.69) is 10.6 Å². The third kappa shape index (κ3) is 5.20. The minimum Gasteiger partial charge on any atom is -0.493 e. The molecule has 49 heavy (non-hydrogen) atoms. The van der Waals surface area contributed by atoms with Crippen molar-refractivity contribution in [3.8, 4) is 46.0 Å². The number of amides is 4. The van der Waals surface area contributed by atoms with Gasteiger partial charge in [-0.2, -0.15) is 0 Å². The predicted molar refractivity (Wildman–Crippen MR) is 182 cm³/mol. The Kier molecular flexibility index (Phi) is 7.62. The average Bonchev–Trinajstić information content (AvgIpc) is 3.13. The van der Waals surface area contributed by atoms with Crippen LogP contribution in [-0.2, 0) is 25.7 Å². The molecular formula is C38H38N4O7. The minimum atomic E-state index is -0.356. The highest BCUT2D eigenvalue weighted by molar-refractivity contribution is 5.77. The molecule has 0 aliphatic carbocycles. The number of hydrogen-bond donors (Lipinski definition) is 2. The molecule has 5 heterocycles. The Hall–Kier alpha value is -5.58. The molecule has 11 heteroatoms. The Morgan fingerprint density at radius 1 is 0.673 bits per heavy atom. The maximum atomic E-state index is 13.3. The molecule has 5 aliphatic rings. The molecular weight excluding hydrogens is 624 g/mol. The first-order valence-corrected chi connectivity index (χ1v) is 16.6. The number of fused-ring (bicyclic) bond motifs is 2.